The summed E-state index contributed by atoms with van der Waals surface area (Å²) in [7, 11) is -3.42. The number of hydrazine groups is 1. The monoisotopic (exact) mass is 295 g/mol. The number of hydrogen-bond acceptors (Lipinski definition) is 3. The Balaban J connectivity index is 0.00000196. The number of carbonyl (C=O) groups is 1. The second kappa shape index (κ2) is 5.79. The number of pyridine rings is 1. The molecule has 1 aromatic heterocycles. The Morgan fingerprint density at radius 3 is 2.20 bits per heavy atom. The maximum absolute atomic E-state index is 11.2. The van der Waals surface area contributed by atoms with E-state index in [0.717, 1.165) is 6.26 Å². The zero-order valence-corrected chi connectivity index (χ0v) is 10.2. The molecular formula is C7H10BrN3O3S. The van der Waals surface area contributed by atoms with Crippen molar-refractivity contribution >= 4 is 16.1 Å². The smallest absolute Gasteiger partial charge is 0.514 e. The molecule has 1 rings (SSSR count). The fourth-order valence-electron chi connectivity index (χ4n) is 0.735. The van der Waals surface area contributed by atoms with E-state index in [2.05, 4.69) is 0 Å². The summed E-state index contributed by atoms with van der Waals surface area (Å²) in [5, 5.41) is 0. The first-order valence-electron chi connectivity index (χ1n) is 3.72. The molecule has 0 unspecified atom stereocenters. The summed E-state index contributed by atoms with van der Waals surface area (Å²) in [4.78, 5) is 13.1. The van der Waals surface area contributed by atoms with Crippen LogP contribution in [0.2, 0.25) is 0 Å². The molecule has 0 saturated heterocycles. The van der Waals surface area contributed by atoms with Crippen molar-refractivity contribution in [2.24, 2.45) is 0 Å². The zero-order chi connectivity index (χ0) is 10.6. The maximum atomic E-state index is 11.2. The zero-order valence-electron chi connectivity index (χ0n) is 7.84. The molecular weight excluding hydrogens is 286 g/mol. The highest BCUT2D eigenvalue weighted by molar-refractivity contribution is 7.88. The highest BCUT2D eigenvalue weighted by atomic mass is 79.9. The van der Waals surface area contributed by atoms with Crippen molar-refractivity contribution in [3.05, 3.63) is 30.6 Å². The van der Waals surface area contributed by atoms with E-state index in [0.29, 0.717) is 0 Å². The van der Waals surface area contributed by atoms with E-state index in [1.54, 1.807) is 18.2 Å². The lowest BCUT2D eigenvalue weighted by Crippen LogP contribution is -3.00. The van der Waals surface area contributed by atoms with Crippen LogP contribution in [0.15, 0.2) is 30.6 Å². The lowest BCUT2D eigenvalue weighted by molar-refractivity contribution is -0.572. The number of halogens is 1. The van der Waals surface area contributed by atoms with Crippen LogP contribution in [0.25, 0.3) is 0 Å². The highest BCUT2D eigenvalue weighted by Gasteiger charge is 2.13. The van der Waals surface area contributed by atoms with Crippen molar-refractivity contribution in [2.75, 3.05) is 6.26 Å². The Hall–Kier alpha value is -0.990. The number of amides is 1. The van der Waals surface area contributed by atoms with Gasteiger partial charge in [0.1, 0.15) is 0 Å². The van der Waals surface area contributed by atoms with Crippen molar-refractivity contribution in [3.8, 4) is 0 Å². The number of hydrogen-bond donors (Lipinski definition) is 2. The summed E-state index contributed by atoms with van der Waals surface area (Å²) in [6.07, 6.45) is 3.95. The lowest BCUT2D eigenvalue weighted by Gasteiger charge is -1.97. The Kier molecular flexibility index (Phi) is 5.40. The van der Waals surface area contributed by atoms with Crippen molar-refractivity contribution in [1.82, 2.24) is 10.3 Å². The first-order valence-corrected chi connectivity index (χ1v) is 5.61. The van der Waals surface area contributed by atoms with Gasteiger partial charge in [-0.25, -0.2) is 8.42 Å². The number of sulfonamides is 1. The van der Waals surface area contributed by atoms with Crippen LogP contribution in [-0.2, 0) is 10.0 Å². The summed E-state index contributed by atoms with van der Waals surface area (Å²) in [5.74, 6) is 0. The molecule has 0 spiro atoms. The second-order valence-corrected chi connectivity index (χ2v) is 4.34. The molecule has 15 heavy (non-hydrogen) atoms. The second-order valence-electron chi connectivity index (χ2n) is 2.59. The first-order chi connectivity index (χ1) is 6.49. The molecule has 84 valence electrons. The normalized spacial score (nSPS) is 10.2. The third-order valence-corrected chi connectivity index (χ3v) is 1.77. The van der Waals surface area contributed by atoms with Gasteiger partial charge in [0.05, 0.1) is 18.6 Å². The molecule has 0 bridgehead atoms. The SMILES string of the molecule is CS(=O)(=O)NNC(=O)[n+]1ccccc1.[Br-]. The summed E-state index contributed by atoms with van der Waals surface area (Å²) in [6, 6.07) is 4.48. The fraction of sp³-hybridized carbons (Fsp3) is 0.143. The standard InChI is InChI=1S/C7H9N3O3S.BrH/c1-14(12,13)9-8-7(11)10-5-3-2-4-6-10;/h2-6,9H,1H3;1H. The molecule has 6 nitrogen and oxygen atoms in total. The van der Waals surface area contributed by atoms with Gasteiger partial charge in [0.2, 0.25) is 10.0 Å². The van der Waals surface area contributed by atoms with Gasteiger partial charge in [0.15, 0.2) is 0 Å². The van der Waals surface area contributed by atoms with Crippen LogP contribution < -0.4 is 31.8 Å². The van der Waals surface area contributed by atoms with Gasteiger partial charge in [0, 0.05) is 0 Å². The molecule has 2 N–H and O–H groups in total. The van der Waals surface area contributed by atoms with Gasteiger partial charge in [0.25, 0.3) is 0 Å². The van der Waals surface area contributed by atoms with Gasteiger partial charge in [-0.3, -0.25) is 0 Å². The predicted octanol–water partition coefficient (Wildman–Crippen LogP) is -4.00. The van der Waals surface area contributed by atoms with E-state index in [1.165, 1.54) is 17.0 Å². The third-order valence-electron chi connectivity index (χ3n) is 1.29. The van der Waals surface area contributed by atoms with Gasteiger partial charge in [-0.05, 0) is 12.1 Å². The Bertz CT molecular complexity index is 420. The van der Waals surface area contributed by atoms with Crippen molar-refractivity contribution < 1.29 is 34.8 Å². The number of aromatic nitrogens is 1. The molecule has 0 fully saturated rings. The highest BCUT2D eigenvalue weighted by Crippen LogP contribution is 1.76. The van der Waals surface area contributed by atoms with Gasteiger partial charge in [-0.2, -0.15) is 9.36 Å². The number of rotatable bonds is 2. The van der Waals surface area contributed by atoms with Gasteiger partial charge < -0.3 is 17.0 Å². The third kappa shape index (κ3) is 5.45. The average molecular weight is 296 g/mol. The van der Waals surface area contributed by atoms with Crippen molar-refractivity contribution in [1.29, 1.82) is 0 Å². The fourth-order valence-corrected chi connectivity index (χ4v) is 1.01. The summed E-state index contributed by atoms with van der Waals surface area (Å²) >= 11 is 0. The number of nitrogens with one attached hydrogen (secondary N) is 2. The van der Waals surface area contributed by atoms with E-state index in [1.807, 2.05) is 10.3 Å². The topological polar surface area (TPSA) is 79.2 Å². The molecule has 8 heteroatoms. The minimum Gasteiger partial charge on any atom is -1.00 e. The van der Waals surface area contributed by atoms with E-state index < -0.39 is 16.1 Å². The van der Waals surface area contributed by atoms with E-state index in [4.69, 9.17) is 0 Å². The first kappa shape index (κ1) is 14.0. The van der Waals surface area contributed by atoms with E-state index in [-0.39, 0.29) is 17.0 Å². The lowest BCUT2D eigenvalue weighted by atomic mass is 10.5. The van der Waals surface area contributed by atoms with Crippen LogP contribution in [0, 0.1) is 0 Å². The minimum atomic E-state index is -3.42. The van der Waals surface area contributed by atoms with Gasteiger partial charge in [-0.1, -0.05) is 10.9 Å². The summed E-state index contributed by atoms with van der Waals surface area (Å²) in [6.45, 7) is 0. The largest absolute Gasteiger partial charge is 1.00 e. The molecule has 1 aromatic rings. The minimum absolute atomic E-state index is 0. The quantitative estimate of drug-likeness (QED) is 0.431. The van der Waals surface area contributed by atoms with Gasteiger partial charge >= 0.3 is 6.03 Å². The molecule has 0 aliphatic carbocycles. The summed E-state index contributed by atoms with van der Waals surface area (Å²) in [5.41, 5.74) is 2.02. The van der Waals surface area contributed by atoms with Crippen molar-refractivity contribution in [3.63, 3.8) is 0 Å². The maximum Gasteiger partial charge on any atom is 0.514 e. The van der Waals surface area contributed by atoms with Crippen LogP contribution in [0.5, 0.6) is 0 Å². The molecule has 0 atom stereocenters. The number of carbonyl (C=O) groups excluding carboxylic acids is 1. The van der Waals surface area contributed by atoms with Crippen molar-refractivity contribution in [2.45, 2.75) is 0 Å². The van der Waals surface area contributed by atoms with E-state index >= 15 is 0 Å². The van der Waals surface area contributed by atoms with Crippen LogP contribution in [0.3, 0.4) is 0 Å². The molecule has 1 heterocycles. The summed E-state index contributed by atoms with van der Waals surface area (Å²) < 4.78 is 22.5. The Morgan fingerprint density at radius 2 is 1.73 bits per heavy atom. The predicted molar refractivity (Wildman–Crippen MR) is 48.5 cm³/mol. The van der Waals surface area contributed by atoms with E-state index in [9.17, 15) is 13.2 Å². The van der Waals surface area contributed by atoms with Crippen LogP contribution in [0.4, 0.5) is 4.79 Å². The van der Waals surface area contributed by atoms with Crippen LogP contribution >= 0.6 is 0 Å². The molecule has 0 aliphatic rings. The molecule has 1 amide bonds. The molecule has 0 aromatic carbocycles. The Morgan fingerprint density at radius 1 is 1.20 bits per heavy atom. The average Bonchev–Trinajstić information content (AvgIpc) is 2.14. The number of nitrogens with zero attached hydrogens (tertiary/aromatic N) is 1. The van der Waals surface area contributed by atoms with Gasteiger partial charge in [-0.15, -0.1) is 5.43 Å². The van der Waals surface area contributed by atoms with Crippen LogP contribution in [0.1, 0.15) is 0 Å². The molecule has 0 saturated carbocycles. The van der Waals surface area contributed by atoms with Crippen LogP contribution in [-0.4, -0.2) is 20.7 Å². The molecule has 0 aliphatic heterocycles. The Labute approximate surface area is 98.1 Å². The molecule has 0 radical (unpaired) electrons.